The summed E-state index contributed by atoms with van der Waals surface area (Å²) in [6, 6.07) is 2.48. The van der Waals surface area contributed by atoms with Gasteiger partial charge in [-0.3, -0.25) is 4.79 Å². The van der Waals surface area contributed by atoms with Crippen LogP contribution in [0.2, 0.25) is 0 Å². The number of aromatic nitrogens is 5. The van der Waals surface area contributed by atoms with Gasteiger partial charge in [-0.1, -0.05) is 18.3 Å². The lowest BCUT2D eigenvalue weighted by Crippen LogP contribution is -2.29. The number of carboxylic acid groups (broad SMARTS) is 1. The summed E-state index contributed by atoms with van der Waals surface area (Å²) in [5.41, 5.74) is -0.916. The number of benzene rings is 1. The Labute approximate surface area is 195 Å². The third-order valence-electron chi connectivity index (χ3n) is 5.66. The fourth-order valence-electron chi connectivity index (χ4n) is 3.90. The van der Waals surface area contributed by atoms with Crippen LogP contribution in [0.3, 0.4) is 0 Å². The second kappa shape index (κ2) is 9.16. The Morgan fingerprint density at radius 1 is 1.32 bits per heavy atom. The highest BCUT2D eigenvalue weighted by molar-refractivity contribution is 7.18. The van der Waals surface area contributed by atoms with Crippen LogP contribution in [0.25, 0.3) is 10.7 Å². The average molecular weight is 499 g/mol. The first-order valence-corrected chi connectivity index (χ1v) is 11.1. The summed E-state index contributed by atoms with van der Waals surface area (Å²) in [5, 5.41) is 21.1. The molecule has 0 saturated carbocycles. The van der Waals surface area contributed by atoms with E-state index in [1.807, 2.05) is 18.9 Å². The van der Waals surface area contributed by atoms with E-state index in [1.165, 1.54) is 11.3 Å². The van der Waals surface area contributed by atoms with E-state index >= 15 is 0 Å². The summed E-state index contributed by atoms with van der Waals surface area (Å²) in [6.45, 7) is 3.00. The molecular formula is C20H21F4N7O2S. The van der Waals surface area contributed by atoms with Crippen molar-refractivity contribution in [2.24, 2.45) is 11.8 Å². The van der Waals surface area contributed by atoms with Gasteiger partial charge in [-0.2, -0.15) is 18.0 Å². The van der Waals surface area contributed by atoms with E-state index in [9.17, 15) is 22.4 Å². The molecule has 0 amide bonds. The molecule has 1 fully saturated rings. The minimum absolute atomic E-state index is 0.0427. The second-order valence-corrected chi connectivity index (χ2v) is 9.24. The van der Waals surface area contributed by atoms with Crippen LogP contribution in [-0.4, -0.2) is 62.9 Å². The van der Waals surface area contributed by atoms with Gasteiger partial charge in [0.2, 0.25) is 5.82 Å². The summed E-state index contributed by atoms with van der Waals surface area (Å²) < 4.78 is 53.6. The van der Waals surface area contributed by atoms with Crippen LogP contribution >= 0.6 is 11.3 Å². The molecule has 0 spiro atoms. The topological polar surface area (TPSA) is 100 Å². The van der Waals surface area contributed by atoms with Crippen molar-refractivity contribution in [3.8, 4) is 10.7 Å². The highest BCUT2D eigenvalue weighted by Crippen LogP contribution is 2.36. The maximum absolute atomic E-state index is 14.3. The van der Waals surface area contributed by atoms with E-state index in [2.05, 4.69) is 20.4 Å². The molecule has 3 aromatic rings. The number of hydrogen-bond donors (Lipinski definition) is 1. The van der Waals surface area contributed by atoms with E-state index in [1.54, 1.807) is 11.1 Å². The molecule has 1 aliphatic heterocycles. The third kappa shape index (κ3) is 5.11. The van der Waals surface area contributed by atoms with Crippen molar-refractivity contribution in [1.29, 1.82) is 0 Å². The number of anilines is 2. The lowest BCUT2D eigenvalue weighted by Gasteiger charge is -2.23. The first-order chi connectivity index (χ1) is 16.0. The van der Waals surface area contributed by atoms with Crippen molar-refractivity contribution < 1.29 is 27.5 Å². The van der Waals surface area contributed by atoms with E-state index in [4.69, 9.17) is 5.11 Å². The molecular weight excluding hydrogens is 478 g/mol. The zero-order valence-electron chi connectivity index (χ0n) is 18.2. The van der Waals surface area contributed by atoms with Gasteiger partial charge < -0.3 is 14.9 Å². The van der Waals surface area contributed by atoms with E-state index in [-0.39, 0.29) is 23.3 Å². The fourth-order valence-corrected chi connectivity index (χ4v) is 4.72. The quantitative estimate of drug-likeness (QED) is 0.495. The Kier molecular flexibility index (Phi) is 6.43. The van der Waals surface area contributed by atoms with Gasteiger partial charge in [0, 0.05) is 26.7 Å². The second-order valence-electron chi connectivity index (χ2n) is 8.23. The van der Waals surface area contributed by atoms with Gasteiger partial charge in [-0.15, -0.1) is 10.2 Å². The first kappa shape index (κ1) is 23.9. The van der Waals surface area contributed by atoms with Gasteiger partial charge in [0.15, 0.2) is 11.7 Å². The van der Waals surface area contributed by atoms with E-state index in [0.29, 0.717) is 29.6 Å². The standard InChI is InChI=1S/C20H21F4N7O2S/c1-11-7-30(15-5-13(20(22,23)24)3-4-14(15)21)9-12(11)8-29(2)19-25-6-16(34-19)18-26-28-31(27-18)10-17(32)33/h3-6,11-12H,7-10H2,1-2H3,(H,32,33). The molecule has 2 aromatic heterocycles. The Hall–Kier alpha value is -3.29. The van der Waals surface area contributed by atoms with Crippen LogP contribution in [0.5, 0.6) is 0 Å². The summed E-state index contributed by atoms with van der Waals surface area (Å²) in [4.78, 5) is 20.3. The number of halogens is 4. The number of alkyl halides is 3. The van der Waals surface area contributed by atoms with Crippen LogP contribution in [0.15, 0.2) is 24.4 Å². The molecule has 0 radical (unpaired) electrons. The third-order valence-corrected chi connectivity index (χ3v) is 6.77. The van der Waals surface area contributed by atoms with Crippen LogP contribution in [-0.2, 0) is 17.5 Å². The van der Waals surface area contributed by atoms with Crippen molar-refractivity contribution in [2.45, 2.75) is 19.6 Å². The predicted molar refractivity (Wildman–Crippen MR) is 116 cm³/mol. The van der Waals surface area contributed by atoms with Gasteiger partial charge in [-0.25, -0.2) is 9.37 Å². The molecule has 2 atom stereocenters. The van der Waals surface area contributed by atoms with Crippen LogP contribution in [0, 0.1) is 17.7 Å². The van der Waals surface area contributed by atoms with Crippen molar-refractivity contribution >= 4 is 28.1 Å². The molecule has 1 N–H and O–H groups in total. The minimum Gasteiger partial charge on any atom is -0.480 e. The fraction of sp³-hybridized carbons (Fsp3) is 0.450. The minimum atomic E-state index is -4.54. The summed E-state index contributed by atoms with van der Waals surface area (Å²) in [7, 11) is 1.84. The molecule has 0 bridgehead atoms. The van der Waals surface area contributed by atoms with E-state index in [0.717, 1.165) is 23.0 Å². The molecule has 9 nitrogen and oxygen atoms in total. The maximum atomic E-state index is 14.3. The molecule has 2 unspecified atom stereocenters. The molecule has 3 heterocycles. The Balaban J connectivity index is 1.43. The summed E-state index contributed by atoms with van der Waals surface area (Å²) >= 11 is 1.31. The summed E-state index contributed by atoms with van der Waals surface area (Å²) in [6.07, 6.45) is -2.97. The molecule has 4 rings (SSSR count). The monoisotopic (exact) mass is 499 g/mol. The van der Waals surface area contributed by atoms with Crippen molar-refractivity contribution in [2.75, 3.05) is 36.5 Å². The van der Waals surface area contributed by atoms with Gasteiger partial charge in [0.05, 0.1) is 22.3 Å². The number of aliphatic carboxylic acids is 1. The zero-order valence-corrected chi connectivity index (χ0v) is 19.0. The number of carboxylic acids is 1. The lowest BCUT2D eigenvalue weighted by molar-refractivity contribution is -0.138. The Morgan fingerprint density at radius 3 is 2.79 bits per heavy atom. The molecule has 1 aliphatic rings. The Bertz CT molecular complexity index is 1180. The van der Waals surface area contributed by atoms with Crippen molar-refractivity contribution in [1.82, 2.24) is 25.2 Å². The SMILES string of the molecule is CC1CN(c2cc(C(F)(F)F)ccc2F)CC1CN(C)c1ncc(-c2nnn(CC(=O)O)n2)s1. The lowest BCUT2D eigenvalue weighted by atomic mass is 9.98. The first-order valence-electron chi connectivity index (χ1n) is 10.3. The summed E-state index contributed by atoms with van der Waals surface area (Å²) in [5.74, 6) is -1.31. The molecule has 14 heteroatoms. The van der Waals surface area contributed by atoms with Gasteiger partial charge >= 0.3 is 12.1 Å². The maximum Gasteiger partial charge on any atom is 0.416 e. The molecule has 182 valence electrons. The molecule has 0 aliphatic carbocycles. The average Bonchev–Trinajstić information content (AvgIpc) is 3.47. The number of tetrazole rings is 1. The highest BCUT2D eigenvalue weighted by atomic mass is 32.1. The number of thiazole rings is 1. The smallest absolute Gasteiger partial charge is 0.416 e. The van der Waals surface area contributed by atoms with Crippen LogP contribution in [0.1, 0.15) is 12.5 Å². The number of hydrogen-bond acceptors (Lipinski definition) is 8. The van der Waals surface area contributed by atoms with E-state index < -0.39 is 30.1 Å². The Morgan fingerprint density at radius 2 is 2.09 bits per heavy atom. The molecule has 1 saturated heterocycles. The van der Waals surface area contributed by atoms with Gasteiger partial charge in [0.1, 0.15) is 5.82 Å². The molecule has 34 heavy (non-hydrogen) atoms. The number of carbonyl (C=O) groups is 1. The largest absolute Gasteiger partial charge is 0.480 e. The van der Waals surface area contributed by atoms with Crippen LogP contribution in [0.4, 0.5) is 28.4 Å². The van der Waals surface area contributed by atoms with Crippen molar-refractivity contribution in [3.63, 3.8) is 0 Å². The number of nitrogens with zero attached hydrogens (tertiary/aromatic N) is 7. The predicted octanol–water partition coefficient (Wildman–Crippen LogP) is 3.25. The van der Waals surface area contributed by atoms with Crippen LogP contribution < -0.4 is 9.80 Å². The van der Waals surface area contributed by atoms with Gasteiger partial charge in [0.25, 0.3) is 0 Å². The normalized spacial score (nSPS) is 18.5. The van der Waals surface area contributed by atoms with Gasteiger partial charge in [-0.05, 0) is 35.2 Å². The van der Waals surface area contributed by atoms with Crippen molar-refractivity contribution in [3.05, 3.63) is 35.8 Å². The highest BCUT2D eigenvalue weighted by Gasteiger charge is 2.35. The zero-order chi connectivity index (χ0) is 24.6. The number of rotatable bonds is 7. The molecule has 1 aromatic carbocycles.